The molecule has 8 heteroatoms. The van der Waals surface area contributed by atoms with E-state index in [1.807, 2.05) is 6.07 Å². The maximum absolute atomic E-state index is 11.7. The van der Waals surface area contributed by atoms with Gasteiger partial charge in [0.15, 0.2) is 2.14 Å². The summed E-state index contributed by atoms with van der Waals surface area (Å²) < 4.78 is 3.98. The van der Waals surface area contributed by atoms with E-state index in [0.29, 0.717) is 5.69 Å². The first kappa shape index (κ1) is 15.7. The molecule has 98 valence electrons. The topological polar surface area (TPSA) is 86.1 Å². The number of halogens is 3. The molecule has 0 aliphatic rings. The van der Waals surface area contributed by atoms with Crippen molar-refractivity contribution in [3.05, 3.63) is 22.5 Å². The zero-order chi connectivity index (χ0) is 13.9. The summed E-state index contributed by atoms with van der Waals surface area (Å²) in [5, 5.41) is 18.4. The monoisotopic (exact) mass is 442 g/mol. The molecule has 0 aromatic carbocycles. The number of esters is 1. The van der Waals surface area contributed by atoms with E-state index in [4.69, 9.17) is 10.00 Å². The highest BCUT2D eigenvalue weighted by Crippen LogP contribution is 2.46. The summed E-state index contributed by atoms with van der Waals surface area (Å²) in [6.07, 6.45) is 0. The van der Waals surface area contributed by atoms with E-state index in [2.05, 4.69) is 52.8 Å². The van der Waals surface area contributed by atoms with Gasteiger partial charge in [0.2, 0.25) is 0 Å². The summed E-state index contributed by atoms with van der Waals surface area (Å²) in [6.45, 7) is 1.45. The summed E-state index contributed by atoms with van der Waals surface area (Å²) in [6, 6.07) is 1.95. The Morgan fingerprint density at radius 3 is 2.56 bits per heavy atom. The number of hydrogen-bond acceptors (Lipinski definition) is 4. The molecule has 1 heterocycles. The number of nitrogens with zero attached hydrogens (tertiary/aromatic N) is 1. The molecule has 0 radical (unpaired) electrons. The van der Waals surface area contributed by atoms with Crippen LogP contribution in [0.3, 0.4) is 0 Å². The number of aromatic amines is 1. The number of H-pyrrole nitrogens is 1. The third-order valence-electron chi connectivity index (χ3n) is 2.14. The third-order valence-corrected chi connectivity index (χ3v) is 3.33. The SMILES string of the molecule is CCOC(=O)c1[nH]c(C(Br)(Br)Br)c(C#N)c1CO. The fourth-order valence-corrected chi connectivity index (χ4v) is 2.30. The standard InChI is InChI=1S/C10H9Br3N2O3/c1-2-18-9(17)7-6(4-16)5(3-14)8(15-7)10(11,12)13/h15-16H,2,4H2,1H3. The second-order valence-electron chi connectivity index (χ2n) is 3.22. The zero-order valence-corrected chi connectivity index (χ0v) is 14.0. The molecule has 1 aromatic heterocycles. The second-order valence-corrected chi connectivity index (χ2v) is 9.98. The van der Waals surface area contributed by atoms with Gasteiger partial charge in [-0.25, -0.2) is 4.79 Å². The highest BCUT2D eigenvalue weighted by Gasteiger charge is 2.32. The Bertz CT molecular complexity index is 500. The zero-order valence-electron chi connectivity index (χ0n) is 9.26. The van der Waals surface area contributed by atoms with Crippen LogP contribution in [0.1, 0.15) is 34.2 Å². The van der Waals surface area contributed by atoms with Crippen LogP contribution in [-0.4, -0.2) is 22.7 Å². The van der Waals surface area contributed by atoms with Crippen LogP contribution < -0.4 is 0 Å². The van der Waals surface area contributed by atoms with E-state index in [0.717, 1.165) is 0 Å². The van der Waals surface area contributed by atoms with E-state index < -0.39 is 14.7 Å². The predicted molar refractivity (Wildman–Crippen MR) is 75.8 cm³/mol. The summed E-state index contributed by atoms with van der Waals surface area (Å²) in [4.78, 5) is 14.5. The molecule has 0 spiro atoms. The first-order valence-corrected chi connectivity index (χ1v) is 7.24. The molecule has 0 bridgehead atoms. The molecular weight excluding hydrogens is 436 g/mol. The van der Waals surface area contributed by atoms with Crippen molar-refractivity contribution < 1.29 is 14.6 Å². The third kappa shape index (κ3) is 3.15. The van der Waals surface area contributed by atoms with Crippen LogP contribution in [0.15, 0.2) is 0 Å². The lowest BCUT2D eigenvalue weighted by Gasteiger charge is -2.10. The van der Waals surface area contributed by atoms with Gasteiger partial charge >= 0.3 is 5.97 Å². The number of rotatable bonds is 3. The largest absolute Gasteiger partial charge is 0.461 e. The number of aliphatic hydroxyl groups excluding tert-OH is 1. The summed E-state index contributed by atoms with van der Waals surface area (Å²) >= 11 is 9.78. The fourth-order valence-electron chi connectivity index (χ4n) is 1.41. The Balaban J connectivity index is 3.42. The highest BCUT2D eigenvalue weighted by molar-refractivity contribution is 9.38. The molecule has 0 saturated carbocycles. The Morgan fingerprint density at radius 2 is 2.17 bits per heavy atom. The Hall–Kier alpha value is -0.360. The molecule has 0 amide bonds. The smallest absolute Gasteiger partial charge is 0.355 e. The molecule has 1 rings (SSSR count). The summed E-state index contributed by atoms with van der Waals surface area (Å²) in [5.41, 5.74) is 0.866. The molecule has 0 aliphatic carbocycles. The van der Waals surface area contributed by atoms with E-state index in [-0.39, 0.29) is 23.4 Å². The average Bonchev–Trinajstić information content (AvgIpc) is 2.67. The van der Waals surface area contributed by atoms with Gasteiger partial charge in [-0.3, -0.25) is 0 Å². The quantitative estimate of drug-likeness (QED) is 0.554. The van der Waals surface area contributed by atoms with Gasteiger partial charge in [-0.05, 0) is 6.92 Å². The van der Waals surface area contributed by atoms with Gasteiger partial charge in [-0.2, -0.15) is 5.26 Å². The van der Waals surface area contributed by atoms with Gasteiger partial charge in [-0.15, -0.1) is 0 Å². The first-order chi connectivity index (χ1) is 8.36. The molecule has 1 aromatic rings. The van der Waals surface area contributed by atoms with Crippen molar-refractivity contribution in [1.29, 1.82) is 5.26 Å². The summed E-state index contributed by atoms with van der Waals surface area (Å²) in [7, 11) is 0. The van der Waals surface area contributed by atoms with E-state index >= 15 is 0 Å². The van der Waals surface area contributed by atoms with Crippen molar-refractivity contribution in [1.82, 2.24) is 4.98 Å². The molecule has 5 nitrogen and oxygen atoms in total. The second kappa shape index (κ2) is 6.19. The van der Waals surface area contributed by atoms with Crippen LogP contribution in [0.5, 0.6) is 0 Å². The number of carbonyl (C=O) groups is 1. The van der Waals surface area contributed by atoms with Gasteiger partial charge in [-0.1, -0.05) is 47.8 Å². The van der Waals surface area contributed by atoms with Gasteiger partial charge in [0, 0.05) is 5.56 Å². The van der Waals surface area contributed by atoms with E-state index in [9.17, 15) is 9.90 Å². The number of hydrogen-bond donors (Lipinski definition) is 2. The normalized spacial score (nSPS) is 11.1. The highest BCUT2D eigenvalue weighted by atomic mass is 80.0. The molecule has 18 heavy (non-hydrogen) atoms. The van der Waals surface area contributed by atoms with Crippen LogP contribution in [-0.2, 0) is 13.5 Å². The molecule has 2 N–H and O–H groups in total. The number of nitriles is 1. The van der Waals surface area contributed by atoms with Crippen molar-refractivity contribution in [3.63, 3.8) is 0 Å². The summed E-state index contributed by atoms with van der Waals surface area (Å²) in [5.74, 6) is -0.610. The molecule has 0 aliphatic heterocycles. The molecule has 0 fully saturated rings. The molecule has 0 atom stereocenters. The lowest BCUT2D eigenvalue weighted by molar-refractivity contribution is 0.0516. The maximum Gasteiger partial charge on any atom is 0.355 e. The minimum Gasteiger partial charge on any atom is -0.461 e. The molecule has 0 saturated heterocycles. The number of aliphatic hydroxyl groups is 1. The number of carbonyl (C=O) groups excluding carboxylic acids is 1. The van der Waals surface area contributed by atoms with Crippen molar-refractivity contribution in [2.24, 2.45) is 0 Å². The lowest BCUT2D eigenvalue weighted by Crippen LogP contribution is -2.08. The average molecular weight is 445 g/mol. The maximum atomic E-state index is 11.7. The van der Waals surface area contributed by atoms with Crippen molar-refractivity contribution >= 4 is 53.8 Å². The minimum absolute atomic E-state index is 0.0774. The van der Waals surface area contributed by atoms with Gasteiger partial charge in [0.25, 0.3) is 0 Å². The fraction of sp³-hybridized carbons (Fsp3) is 0.400. The van der Waals surface area contributed by atoms with Crippen LogP contribution in [0.2, 0.25) is 0 Å². The van der Waals surface area contributed by atoms with Crippen LogP contribution in [0, 0.1) is 11.3 Å². The van der Waals surface area contributed by atoms with Crippen LogP contribution in [0.25, 0.3) is 0 Å². The van der Waals surface area contributed by atoms with Crippen molar-refractivity contribution in [2.45, 2.75) is 15.7 Å². The number of aromatic nitrogens is 1. The first-order valence-electron chi connectivity index (χ1n) is 4.86. The minimum atomic E-state index is -0.882. The Labute approximate surface area is 129 Å². The Morgan fingerprint density at radius 1 is 1.56 bits per heavy atom. The number of nitrogens with one attached hydrogen (secondary N) is 1. The van der Waals surface area contributed by atoms with Crippen LogP contribution in [0.4, 0.5) is 0 Å². The van der Waals surface area contributed by atoms with E-state index in [1.54, 1.807) is 6.92 Å². The van der Waals surface area contributed by atoms with Crippen molar-refractivity contribution in [3.8, 4) is 6.07 Å². The molecular formula is C10H9Br3N2O3. The lowest BCUT2D eigenvalue weighted by atomic mass is 10.1. The van der Waals surface area contributed by atoms with E-state index in [1.165, 1.54) is 0 Å². The predicted octanol–water partition coefficient (Wildman–Crippen LogP) is 2.85. The Kier molecular flexibility index (Phi) is 5.40. The number of alkyl halides is 3. The van der Waals surface area contributed by atoms with Crippen LogP contribution >= 0.6 is 47.8 Å². The molecule has 0 unspecified atom stereocenters. The van der Waals surface area contributed by atoms with Gasteiger partial charge < -0.3 is 14.8 Å². The van der Waals surface area contributed by atoms with Gasteiger partial charge in [0.05, 0.1) is 24.5 Å². The van der Waals surface area contributed by atoms with Crippen molar-refractivity contribution in [2.75, 3.05) is 6.61 Å². The van der Waals surface area contributed by atoms with Gasteiger partial charge in [0.1, 0.15) is 11.8 Å². The number of ether oxygens (including phenoxy) is 1.